The maximum atomic E-state index is 13.5. The number of H-pyrrole nitrogens is 1. The Balaban J connectivity index is 1.54. The first-order valence-electron chi connectivity index (χ1n) is 10.9. The molecule has 5 aromatic rings. The van der Waals surface area contributed by atoms with E-state index in [2.05, 4.69) is 30.6 Å². The van der Waals surface area contributed by atoms with Crippen molar-refractivity contribution >= 4 is 23.2 Å². The molecule has 0 atom stereocenters. The molecule has 0 radical (unpaired) electrons. The molecule has 3 aromatic heterocycles. The van der Waals surface area contributed by atoms with Crippen LogP contribution in [0, 0.1) is 0 Å². The van der Waals surface area contributed by atoms with Crippen molar-refractivity contribution < 1.29 is 18.6 Å². The minimum Gasteiger partial charge on any atom is -0.436 e. The molecule has 0 fully saturated rings. The van der Waals surface area contributed by atoms with Crippen molar-refractivity contribution in [3.05, 3.63) is 99.4 Å². The Kier molecular flexibility index (Phi) is 6.64. The minimum atomic E-state index is -0.539. The predicted molar refractivity (Wildman–Crippen MR) is 131 cm³/mol. The second kappa shape index (κ2) is 10.3. The zero-order chi connectivity index (χ0) is 25.8. The van der Waals surface area contributed by atoms with Gasteiger partial charge in [0.15, 0.2) is 0 Å². The van der Waals surface area contributed by atoms with Crippen molar-refractivity contribution in [3.63, 3.8) is 0 Å². The van der Waals surface area contributed by atoms with Gasteiger partial charge in [-0.15, -0.1) is 0 Å². The first-order valence-corrected chi connectivity index (χ1v) is 11.2. The van der Waals surface area contributed by atoms with Crippen LogP contribution < -0.4 is 21.2 Å². The minimum absolute atomic E-state index is 0.0759. The molecule has 0 saturated carbocycles. The van der Waals surface area contributed by atoms with Crippen molar-refractivity contribution in [2.45, 2.75) is 6.54 Å². The zero-order valence-corrected chi connectivity index (χ0v) is 20.0. The number of nitrogens with zero attached hydrogens (tertiary/aromatic N) is 5. The van der Waals surface area contributed by atoms with E-state index < -0.39 is 11.5 Å². The van der Waals surface area contributed by atoms with Crippen LogP contribution >= 0.6 is 11.6 Å². The Morgan fingerprint density at radius 1 is 1.14 bits per heavy atom. The maximum Gasteiger partial charge on any atom is 0.292 e. The van der Waals surface area contributed by atoms with Crippen LogP contribution in [-0.4, -0.2) is 37.8 Å². The van der Waals surface area contributed by atoms with Crippen molar-refractivity contribution in [1.82, 2.24) is 30.2 Å². The van der Waals surface area contributed by atoms with Gasteiger partial charge in [-0.2, -0.15) is 4.98 Å². The Morgan fingerprint density at radius 3 is 2.62 bits per heavy atom. The highest BCUT2D eigenvalue weighted by Gasteiger charge is 2.18. The van der Waals surface area contributed by atoms with E-state index in [1.807, 2.05) is 0 Å². The molecular formula is C24H18ClN7O5. The average Bonchev–Trinajstić information content (AvgIpc) is 3.61. The topological polar surface area (TPSA) is 153 Å². The Bertz CT molecular complexity index is 1650. The van der Waals surface area contributed by atoms with Crippen LogP contribution in [0.1, 0.15) is 16.2 Å². The Hall–Kier alpha value is -4.97. The van der Waals surface area contributed by atoms with Crippen LogP contribution in [0.15, 0.2) is 85.9 Å². The number of amides is 1. The molecule has 0 aliphatic heterocycles. The monoisotopic (exact) mass is 519 g/mol. The summed E-state index contributed by atoms with van der Waals surface area (Å²) < 4.78 is 16.9. The quantitative estimate of drug-likeness (QED) is 0.332. The standard InChI is InChI=1S/C24H18ClN7O5/c1-26-21(33)20-29-22(37-31-20)18-12-27-24(32(23(18)34)13-14-2-4-15(25)5-3-14)28-16-6-8-17(9-7-16)36-19-10-11-35-30-19/h2-12H,13H2,1H3,(H,26,33)(H,27,28). The molecule has 12 nitrogen and oxygen atoms in total. The number of aromatic nitrogens is 5. The summed E-state index contributed by atoms with van der Waals surface area (Å²) in [5, 5.41) is 10.3. The maximum absolute atomic E-state index is 13.5. The predicted octanol–water partition coefficient (Wildman–Crippen LogP) is 3.30. The molecule has 5 rings (SSSR count). The zero-order valence-electron chi connectivity index (χ0n) is 19.2. The third-order valence-electron chi connectivity index (χ3n) is 5.13. The number of carbonyl (C=O) groups is 1. The lowest BCUT2D eigenvalue weighted by Crippen LogP contribution is -2.36. The van der Waals surface area contributed by atoms with Crippen LogP contribution in [0.2, 0.25) is 5.02 Å². The molecule has 13 heteroatoms. The summed E-state index contributed by atoms with van der Waals surface area (Å²) in [4.78, 5) is 37.0. The molecule has 0 unspecified atom stereocenters. The molecule has 2 N–H and O–H groups in total. The van der Waals surface area contributed by atoms with Crippen molar-refractivity contribution in [3.8, 4) is 23.1 Å². The molecule has 2 aromatic carbocycles. The highest BCUT2D eigenvalue weighted by atomic mass is 35.5. The average molecular weight is 520 g/mol. The van der Waals surface area contributed by atoms with Crippen LogP contribution in [0.4, 0.5) is 5.69 Å². The Morgan fingerprint density at radius 2 is 1.92 bits per heavy atom. The molecule has 1 amide bonds. The highest BCUT2D eigenvalue weighted by molar-refractivity contribution is 6.30. The van der Waals surface area contributed by atoms with Crippen molar-refractivity contribution in [2.75, 3.05) is 7.05 Å². The molecule has 37 heavy (non-hydrogen) atoms. The fourth-order valence-electron chi connectivity index (χ4n) is 3.31. The molecule has 3 heterocycles. The summed E-state index contributed by atoms with van der Waals surface area (Å²) in [6.45, 7) is 0.170. The van der Waals surface area contributed by atoms with Gasteiger partial charge in [0, 0.05) is 24.3 Å². The van der Waals surface area contributed by atoms with Gasteiger partial charge in [-0.05, 0) is 47.1 Å². The molecule has 0 aliphatic rings. The van der Waals surface area contributed by atoms with E-state index >= 15 is 0 Å². The number of carbonyl (C=O) groups excluding carboxylic acids is 1. The van der Waals surface area contributed by atoms with Gasteiger partial charge in [0.1, 0.15) is 17.6 Å². The van der Waals surface area contributed by atoms with E-state index in [0.29, 0.717) is 22.3 Å². The first-order chi connectivity index (χ1) is 18.0. The van der Waals surface area contributed by atoms with E-state index in [1.54, 1.807) is 54.6 Å². The lowest BCUT2D eigenvalue weighted by Gasteiger charge is -2.09. The van der Waals surface area contributed by atoms with Gasteiger partial charge in [-0.25, -0.2) is 4.99 Å². The second-order valence-corrected chi connectivity index (χ2v) is 8.03. The van der Waals surface area contributed by atoms with Crippen molar-refractivity contribution in [2.24, 2.45) is 4.99 Å². The van der Waals surface area contributed by atoms with Crippen LogP contribution in [0.3, 0.4) is 0 Å². The fraction of sp³-hybridized carbons (Fsp3) is 0.0833. The van der Waals surface area contributed by atoms with Gasteiger partial charge in [-0.1, -0.05) is 28.9 Å². The highest BCUT2D eigenvalue weighted by Crippen LogP contribution is 2.22. The molecule has 0 saturated heterocycles. The third-order valence-corrected chi connectivity index (χ3v) is 5.38. The SMILES string of the molecule is CNC(=O)c1noc(-c2c[nH]/c(=N\c3ccc(Oc4ccon4)cc3)n(Cc3ccc(Cl)cc3)c2=O)n1. The van der Waals surface area contributed by atoms with E-state index in [9.17, 15) is 9.59 Å². The summed E-state index contributed by atoms with van der Waals surface area (Å²) >= 11 is 6.01. The molecule has 0 spiro atoms. The van der Waals surface area contributed by atoms with Crippen molar-refractivity contribution in [1.29, 1.82) is 0 Å². The lowest BCUT2D eigenvalue weighted by atomic mass is 10.2. The van der Waals surface area contributed by atoms with E-state index in [0.717, 1.165) is 5.56 Å². The van der Waals surface area contributed by atoms with Gasteiger partial charge < -0.3 is 24.1 Å². The number of ether oxygens (including phenoxy) is 1. The number of halogens is 1. The number of benzene rings is 2. The summed E-state index contributed by atoms with van der Waals surface area (Å²) in [6.07, 6.45) is 2.81. The van der Waals surface area contributed by atoms with Gasteiger partial charge >= 0.3 is 0 Å². The largest absolute Gasteiger partial charge is 0.436 e. The summed E-state index contributed by atoms with van der Waals surface area (Å²) in [7, 11) is 1.44. The molecular weight excluding hydrogens is 502 g/mol. The summed E-state index contributed by atoms with van der Waals surface area (Å²) in [5.74, 6) is 0.0246. The van der Waals surface area contributed by atoms with Gasteiger partial charge in [0.2, 0.25) is 5.62 Å². The van der Waals surface area contributed by atoms with Crippen LogP contribution in [-0.2, 0) is 6.54 Å². The molecule has 186 valence electrons. The number of hydrogen-bond donors (Lipinski definition) is 2. The first kappa shape index (κ1) is 23.8. The lowest BCUT2D eigenvalue weighted by molar-refractivity contribution is 0.0950. The van der Waals surface area contributed by atoms with E-state index in [4.69, 9.17) is 25.4 Å². The number of hydrogen-bond acceptors (Lipinski definition) is 9. The Labute approximate surface area is 213 Å². The normalized spacial score (nSPS) is 11.5. The molecule has 0 aliphatic carbocycles. The number of aromatic amines is 1. The van der Waals surface area contributed by atoms with Crippen LogP contribution in [0.5, 0.6) is 11.6 Å². The van der Waals surface area contributed by atoms with E-state index in [-0.39, 0.29) is 29.4 Å². The number of rotatable bonds is 7. The fourth-order valence-corrected chi connectivity index (χ4v) is 3.43. The van der Waals surface area contributed by atoms with Gasteiger partial charge in [0.25, 0.3) is 29.1 Å². The third kappa shape index (κ3) is 5.33. The van der Waals surface area contributed by atoms with Crippen LogP contribution in [0.25, 0.3) is 11.5 Å². The smallest absolute Gasteiger partial charge is 0.292 e. The second-order valence-electron chi connectivity index (χ2n) is 7.59. The number of nitrogens with one attached hydrogen (secondary N) is 2. The molecule has 0 bridgehead atoms. The summed E-state index contributed by atoms with van der Waals surface area (Å²) in [5.41, 5.74) is 1.25. The van der Waals surface area contributed by atoms with Gasteiger partial charge in [0.05, 0.1) is 12.2 Å². The van der Waals surface area contributed by atoms with E-state index in [1.165, 1.54) is 24.1 Å². The van der Waals surface area contributed by atoms with Gasteiger partial charge in [-0.3, -0.25) is 14.2 Å². The summed E-state index contributed by atoms with van der Waals surface area (Å²) in [6, 6.07) is 15.5.